The summed E-state index contributed by atoms with van der Waals surface area (Å²) in [7, 11) is 0. The molecule has 70 valence electrons. The Morgan fingerprint density at radius 2 is 2.15 bits per heavy atom. The van der Waals surface area contributed by atoms with E-state index in [2.05, 4.69) is 4.98 Å². The lowest BCUT2D eigenvalue weighted by Crippen LogP contribution is -2.07. The van der Waals surface area contributed by atoms with Gasteiger partial charge in [-0.3, -0.25) is 0 Å². The van der Waals surface area contributed by atoms with Gasteiger partial charge in [0, 0.05) is 6.42 Å². The summed E-state index contributed by atoms with van der Waals surface area (Å²) in [5.74, 6) is 0.428. The van der Waals surface area contributed by atoms with E-state index in [1.54, 1.807) is 12.1 Å². The zero-order chi connectivity index (χ0) is 8.97. The molecular weight excluding hydrogens is 188 g/mol. The average molecular weight is 199 g/mol. The van der Waals surface area contributed by atoms with E-state index in [1.807, 2.05) is 6.07 Å². The Morgan fingerprint density at radius 1 is 1.46 bits per heavy atom. The van der Waals surface area contributed by atoms with Crippen LogP contribution in [0.1, 0.15) is 11.3 Å². The van der Waals surface area contributed by atoms with Crippen LogP contribution in [0, 0.1) is 11.3 Å². The second kappa shape index (κ2) is 5.36. The summed E-state index contributed by atoms with van der Waals surface area (Å²) in [5, 5.41) is 8.66. The van der Waals surface area contributed by atoms with Crippen molar-refractivity contribution in [3.63, 3.8) is 0 Å². The van der Waals surface area contributed by atoms with E-state index in [-0.39, 0.29) is 12.4 Å². The van der Waals surface area contributed by atoms with Crippen LogP contribution < -0.4 is 11.5 Å². The quantitative estimate of drug-likeness (QED) is 0.723. The van der Waals surface area contributed by atoms with Crippen molar-refractivity contribution in [1.29, 1.82) is 5.26 Å². The minimum atomic E-state index is 0. The van der Waals surface area contributed by atoms with Gasteiger partial charge in [0.2, 0.25) is 0 Å². The first-order valence-corrected chi connectivity index (χ1v) is 3.63. The fraction of sp³-hybridized carbons (Fsp3) is 0.250. The van der Waals surface area contributed by atoms with E-state index >= 15 is 0 Å². The van der Waals surface area contributed by atoms with E-state index in [0.29, 0.717) is 30.0 Å². The minimum Gasteiger partial charge on any atom is -0.384 e. The summed E-state index contributed by atoms with van der Waals surface area (Å²) in [6.45, 7) is 0.477. The van der Waals surface area contributed by atoms with Gasteiger partial charge >= 0.3 is 0 Å². The first-order chi connectivity index (χ1) is 5.77. The number of anilines is 1. The molecule has 0 atom stereocenters. The van der Waals surface area contributed by atoms with Crippen LogP contribution in [-0.4, -0.2) is 11.5 Å². The predicted octanol–water partition coefficient (Wildman–Crippen LogP) is 0.458. The molecule has 0 fully saturated rings. The Morgan fingerprint density at radius 3 is 2.69 bits per heavy atom. The van der Waals surface area contributed by atoms with E-state index < -0.39 is 0 Å². The number of rotatable bonds is 2. The molecule has 0 radical (unpaired) electrons. The first kappa shape index (κ1) is 11.7. The number of halogens is 1. The standard InChI is InChI=1S/C8H10N4.ClH/c9-4-3-7-6(5-10)1-2-8(11)12-7;/h1-2H,3-4,9H2,(H2,11,12);1H. The molecule has 0 saturated carbocycles. The zero-order valence-corrected chi connectivity index (χ0v) is 7.84. The number of hydrogen-bond acceptors (Lipinski definition) is 4. The Labute approximate surface area is 83.0 Å². The third-order valence-corrected chi connectivity index (χ3v) is 1.50. The average Bonchev–Trinajstić information content (AvgIpc) is 2.05. The molecule has 0 bridgehead atoms. The molecule has 0 aliphatic carbocycles. The Kier molecular flexibility index (Phi) is 4.82. The molecule has 0 aliphatic heterocycles. The third-order valence-electron chi connectivity index (χ3n) is 1.50. The Bertz CT molecular complexity index is 318. The predicted molar refractivity (Wildman–Crippen MR) is 53.4 cm³/mol. The number of hydrogen-bond donors (Lipinski definition) is 2. The molecule has 4 nitrogen and oxygen atoms in total. The van der Waals surface area contributed by atoms with E-state index in [9.17, 15) is 0 Å². The highest BCUT2D eigenvalue weighted by Crippen LogP contribution is 2.07. The first-order valence-electron chi connectivity index (χ1n) is 3.63. The minimum absolute atomic E-state index is 0. The summed E-state index contributed by atoms with van der Waals surface area (Å²) < 4.78 is 0. The molecule has 0 saturated heterocycles. The van der Waals surface area contributed by atoms with Crippen molar-refractivity contribution < 1.29 is 0 Å². The molecule has 1 aromatic heterocycles. The van der Waals surface area contributed by atoms with Crippen LogP contribution in [0.4, 0.5) is 5.82 Å². The molecule has 1 rings (SSSR count). The van der Waals surface area contributed by atoms with Gasteiger partial charge in [0.1, 0.15) is 11.9 Å². The van der Waals surface area contributed by atoms with Gasteiger partial charge in [0.05, 0.1) is 11.3 Å². The maximum Gasteiger partial charge on any atom is 0.123 e. The number of pyridine rings is 1. The SMILES string of the molecule is Cl.N#Cc1ccc(N)nc1CCN. The molecule has 5 heteroatoms. The fourth-order valence-corrected chi connectivity index (χ4v) is 0.947. The molecule has 13 heavy (non-hydrogen) atoms. The van der Waals surface area contributed by atoms with Crippen LogP contribution in [0.3, 0.4) is 0 Å². The van der Waals surface area contributed by atoms with Crippen molar-refractivity contribution in [1.82, 2.24) is 4.98 Å². The van der Waals surface area contributed by atoms with Gasteiger partial charge in [0.25, 0.3) is 0 Å². The van der Waals surface area contributed by atoms with Crippen molar-refractivity contribution in [3.8, 4) is 6.07 Å². The lowest BCUT2D eigenvalue weighted by molar-refractivity contribution is 0.921. The summed E-state index contributed by atoms with van der Waals surface area (Å²) >= 11 is 0. The third kappa shape index (κ3) is 2.90. The summed E-state index contributed by atoms with van der Waals surface area (Å²) in [5.41, 5.74) is 12.0. The van der Waals surface area contributed by atoms with E-state index in [1.165, 1.54) is 0 Å². The smallest absolute Gasteiger partial charge is 0.123 e. The number of nitriles is 1. The molecule has 0 aliphatic rings. The van der Waals surface area contributed by atoms with Crippen molar-refractivity contribution in [2.24, 2.45) is 5.73 Å². The molecule has 0 unspecified atom stereocenters. The van der Waals surface area contributed by atoms with Crippen molar-refractivity contribution in [2.75, 3.05) is 12.3 Å². The molecule has 1 aromatic rings. The van der Waals surface area contributed by atoms with Gasteiger partial charge in [-0.25, -0.2) is 4.98 Å². The normalized spacial score (nSPS) is 8.62. The highest BCUT2D eigenvalue weighted by atomic mass is 35.5. The molecule has 1 heterocycles. The van der Waals surface area contributed by atoms with E-state index in [0.717, 1.165) is 0 Å². The highest BCUT2D eigenvalue weighted by molar-refractivity contribution is 5.85. The topological polar surface area (TPSA) is 88.7 Å². The lowest BCUT2D eigenvalue weighted by atomic mass is 10.1. The van der Waals surface area contributed by atoms with Gasteiger partial charge in [-0.05, 0) is 18.7 Å². The largest absolute Gasteiger partial charge is 0.384 e. The Balaban J connectivity index is 0.00000144. The van der Waals surface area contributed by atoms with Crippen LogP contribution in [0.5, 0.6) is 0 Å². The van der Waals surface area contributed by atoms with Gasteiger partial charge in [-0.1, -0.05) is 0 Å². The monoisotopic (exact) mass is 198 g/mol. The number of nitrogens with two attached hydrogens (primary N) is 2. The van der Waals surface area contributed by atoms with Crippen LogP contribution in [0.15, 0.2) is 12.1 Å². The van der Waals surface area contributed by atoms with Gasteiger partial charge < -0.3 is 11.5 Å². The maximum absolute atomic E-state index is 8.66. The van der Waals surface area contributed by atoms with Crippen molar-refractivity contribution >= 4 is 18.2 Å². The van der Waals surface area contributed by atoms with Gasteiger partial charge in [-0.2, -0.15) is 5.26 Å². The molecule has 0 spiro atoms. The summed E-state index contributed by atoms with van der Waals surface area (Å²) in [6, 6.07) is 5.30. The number of nitrogens with zero attached hydrogens (tertiary/aromatic N) is 2. The summed E-state index contributed by atoms with van der Waals surface area (Å²) in [6.07, 6.45) is 0.591. The molecule has 0 amide bonds. The van der Waals surface area contributed by atoms with E-state index in [4.69, 9.17) is 16.7 Å². The van der Waals surface area contributed by atoms with Crippen LogP contribution >= 0.6 is 12.4 Å². The molecule has 0 aromatic carbocycles. The van der Waals surface area contributed by atoms with Gasteiger partial charge in [0.15, 0.2) is 0 Å². The number of nitrogen functional groups attached to an aromatic ring is 1. The van der Waals surface area contributed by atoms with Gasteiger partial charge in [-0.15, -0.1) is 12.4 Å². The summed E-state index contributed by atoms with van der Waals surface area (Å²) in [4.78, 5) is 4.01. The van der Waals surface area contributed by atoms with Crippen LogP contribution in [-0.2, 0) is 6.42 Å². The van der Waals surface area contributed by atoms with Crippen molar-refractivity contribution in [2.45, 2.75) is 6.42 Å². The second-order valence-electron chi connectivity index (χ2n) is 2.38. The van der Waals surface area contributed by atoms with Crippen LogP contribution in [0.2, 0.25) is 0 Å². The second-order valence-corrected chi connectivity index (χ2v) is 2.38. The molecular formula is C8H11ClN4. The highest BCUT2D eigenvalue weighted by Gasteiger charge is 2.02. The molecule has 4 N–H and O–H groups in total. The Hall–Kier alpha value is -1.31. The maximum atomic E-state index is 8.66. The van der Waals surface area contributed by atoms with Crippen molar-refractivity contribution in [3.05, 3.63) is 23.4 Å². The fourth-order valence-electron chi connectivity index (χ4n) is 0.947. The number of aromatic nitrogens is 1. The van der Waals surface area contributed by atoms with Crippen LogP contribution in [0.25, 0.3) is 0 Å². The lowest BCUT2D eigenvalue weighted by Gasteiger charge is -2.01. The zero-order valence-electron chi connectivity index (χ0n) is 7.03.